The number of benzene rings is 2. The number of carbonyl (C=O) groups excluding carboxylic acids is 2. The molecule has 4 rings (SSSR count). The van der Waals surface area contributed by atoms with Gasteiger partial charge >= 0.3 is 0 Å². The highest BCUT2D eigenvalue weighted by Gasteiger charge is 2.26. The van der Waals surface area contributed by atoms with Crippen LogP contribution in [0.4, 0.5) is 0 Å². The predicted octanol–water partition coefficient (Wildman–Crippen LogP) is 2.64. The molecule has 0 spiro atoms. The van der Waals surface area contributed by atoms with Crippen LogP contribution < -0.4 is 14.8 Å². The topological polar surface area (TPSA) is 77.1 Å². The van der Waals surface area contributed by atoms with Gasteiger partial charge in [0.1, 0.15) is 13.2 Å². The summed E-state index contributed by atoms with van der Waals surface area (Å²) in [6.45, 7) is 6.50. The van der Waals surface area contributed by atoms with Gasteiger partial charge in [-0.3, -0.25) is 9.59 Å². The SMILES string of the molecule is CC1CN(C(=O)c2ccc(CNC(=O)c3ccc4c(c3)OCCO4)cc2)CC(C)O1. The van der Waals surface area contributed by atoms with Gasteiger partial charge in [0.25, 0.3) is 11.8 Å². The highest BCUT2D eigenvalue weighted by atomic mass is 16.6. The Hall–Kier alpha value is -3.06. The lowest BCUT2D eigenvalue weighted by molar-refractivity contribution is -0.0586. The second-order valence-electron chi connectivity index (χ2n) is 7.71. The molecular weight excluding hydrogens is 384 g/mol. The van der Waals surface area contributed by atoms with Gasteiger partial charge < -0.3 is 24.4 Å². The van der Waals surface area contributed by atoms with Crippen LogP contribution in [-0.4, -0.2) is 55.2 Å². The summed E-state index contributed by atoms with van der Waals surface area (Å²) in [4.78, 5) is 27.0. The van der Waals surface area contributed by atoms with Crippen LogP contribution in [-0.2, 0) is 11.3 Å². The van der Waals surface area contributed by atoms with Crippen LogP contribution in [0, 0.1) is 0 Å². The van der Waals surface area contributed by atoms with E-state index in [9.17, 15) is 9.59 Å². The molecule has 2 aromatic carbocycles. The smallest absolute Gasteiger partial charge is 0.254 e. The summed E-state index contributed by atoms with van der Waals surface area (Å²) in [5, 5.41) is 2.90. The summed E-state index contributed by atoms with van der Waals surface area (Å²) in [5.74, 6) is 1.05. The van der Waals surface area contributed by atoms with Crippen molar-refractivity contribution in [2.75, 3.05) is 26.3 Å². The molecule has 0 aromatic heterocycles. The second-order valence-corrected chi connectivity index (χ2v) is 7.71. The van der Waals surface area contributed by atoms with E-state index in [0.29, 0.717) is 55.5 Å². The minimum absolute atomic E-state index is 0.00358. The van der Waals surface area contributed by atoms with Crippen molar-refractivity contribution in [2.45, 2.75) is 32.6 Å². The molecule has 7 nitrogen and oxygen atoms in total. The summed E-state index contributed by atoms with van der Waals surface area (Å²) in [7, 11) is 0. The molecule has 2 aromatic rings. The van der Waals surface area contributed by atoms with Crippen LogP contribution in [0.1, 0.15) is 40.1 Å². The average Bonchev–Trinajstić information content (AvgIpc) is 2.76. The summed E-state index contributed by atoms with van der Waals surface area (Å²) < 4.78 is 16.7. The molecule has 0 bridgehead atoms. The van der Waals surface area contributed by atoms with Crippen molar-refractivity contribution < 1.29 is 23.8 Å². The molecule has 0 saturated carbocycles. The molecular formula is C23H26N2O5. The number of rotatable bonds is 4. The molecule has 0 aliphatic carbocycles. The Morgan fingerprint density at radius 1 is 0.933 bits per heavy atom. The maximum atomic E-state index is 12.7. The number of hydrogen-bond acceptors (Lipinski definition) is 5. The summed E-state index contributed by atoms with van der Waals surface area (Å²) in [5.41, 5.74) is 2.07. The van der Waals surface area contributed by atoms with Crippen molar-refractivity contribution in [1.82, 2.24) is 10.2 Å². The minimum atomic E-state index is -0.191. The first-order valence-corrected chi connectivity index (χ1v) is 10.2. The van der Waals surface area contributed by atoms with Gasteiger partial charge in [-0.05, 0) is 49.7 Å². The van der Waals surface area contributed by atoms with Crippen molar-refractivity contribution in [1.29, 1.82) is 0 Å². The molecule has 7 heteroatoms. The Kier molecular flexibility index (Phi) is 5.90. The van der Waals surface area contributed by atoms with Gasteiger partial charge in [-0.2, -0.15) is 0 Å². The zero-order valence-electron chi connectivity index (χ0n) is 17.2. The van der Waals surface area contributed by atoms with Crippen LogP contribution in [0.3, 0.4) is 0 Å². The molecule has 30 heavy (non-hydrogen) atoms. The van der Waals surface area contributed by atoms with Crippen LogP contribution in [0.25, 0.3) is 0 Å². The third-order valence-electron chi connectivity index (χ3n) is 5.17. The van der Waals surface area contributed by atoms with Gasteiger partial charge in [0.2, 0.25) is 0 Å². The number of amides is 2. The van der Waals surface area contributed by atoms with Crippen LogP contribution >= 0.6 is 0 Å². The number of ether oxygens (including phenoxy) is 3. The molecule has 2 heterocycles. The van der Waals surface area contributed by atoms with Gasteiger partial charge in [-0.1, -0.05) is 12.1 Å². The van der Waals surface area contributed by atoms with Crippen LogP contribution in [0.15, 0.2) is 42.5 Å². The van der Waals surface area contributed by atoms with Gasteiger partial charge in [0, 0.05) is 30.8 Å². The number of morpholine rings is 1. The first kappa shape index (κ1) is 20.2. The summed E-state index contributed by atoms with van der Waals surface area (Å²) >= 11 is 0. The highest BCUT2D eigenvalue weighted by Crippen LogP contribution is 2.30. The molecule has 1 N–H and O–H groups in total. The highest BCUT2D eigenvalue weighted by molar-refractivity contribution is 5.95. The van der Waals surface area contributed by atoms with Crippen molar-refractivity contribution in [3.8, 4) is 11.5 Å². The van der Waals surface area contributed by atoms with E-state index in [2.05, 4.69) is 5.32 Å². The van der Waals surface area contributed by atoms with E-state index < -0.39 is 0 Å². The first-order chi connectivity index (χ1) is 14.5. The average molecular weight is 410 g/mol. The van der Waals surface area contributed by atoms with Gasteiger partial charge in [0.15, 0.2) is 11.5 Å². The Morgan fingerprint density at radius 3 is 2.27 bits per heavy atom. The molecule has 2 aliphatic rings. The predicted molar refractivity (Wildman–Crippen MR) is 111 cm³/mol. The van der Waals surface area contributed by atoms with Crippen molar-refractivity contribution >= 4 is 11.8 Å². The third kappa shape index (κ3) is 4.57. The Balaban J connectivity index is 1.34. The molecule has 0 radical (unpaired) electrons. The number of carbonyl (C=O) groups is 2. The van der Waals surface area contributed by atoms with E-state index in [1.807, 2.05) is 30.9 Å². The molecule has 2 amide bonds. The quantitative estimate of drug-likeness (QED) is 0.839. The molecule has 1 fully saturated rings. The van der Waals surface area contributed by atoms with Crippen LogP contribution in [0.2, 0.25) is 0 Å². The Morgan fingerprint density at radius 2 is 1.57 bits per heavy atom. The molecule has 1 saturated heterocycles. The van der Waals surface area contributed by atoms with E-state index in [4.69, 9.17) is 14.2 Å². The van der Waals surface area contributed by atoms with E-state index >= 15 is 0 Å². The van der Waals surface area contributed by atoms with Gasteiger partial charge in [-0.15, -0.1) is 0 Å². The largest absolute Gasteiger partial charge is 0.486 e. The molecule has 158 valence electrons. The van der Waals surface area contributed by atoms with E-state index in [1.165, 1.54) is 0 Å². The minimum Gasteiger partial charge on any atom is -0.486 e. The monoisotopic (exact) mass is 410 g/mol. The number of fused-ring (bicyclic) bond motifs is 1. The molecule has 2 unspecified atom stereocenters. The van der Waals surface area contributed by atoms with E-state index in [0.717, 1.165) is 5.56 Å². The summed E-state index contributed by atoms with van der Waals surface area (Å²) in [6.07, 6.45) is 0.0699. The fraction of sp³-hybridized carbons (Fsp3) is 0.391. The number of nitrogens with one attached hydrogen (secondary N) is 1. The molecule has 2 aliphatic heterocycles. The lowest BCUT2D eigenvalue weighted by Gasteiger charge is -2.35. The summed E-state index contributed by atoms with van der Waals surface area (Å²) in [6, 6.07) is 12.5. The second kappa shape index (κ2) is 8.75. The van der Waals surface area contributed by atoms with E-state index in [-0.39, 0.29) is 24.0 Å². The van der Waals surface area contributed by atoms with Crippen LogP contribution in [0.5, 0.6) is 11.5 Å². The zero-order valence-corrected chi connectivity index (χ0v) is 17.2. The Labute approximate surface area is 175 Å². The normalized spacial score (nSPS) is 20.5. The standard InChI is InChI=1S/C23H26N2O5/c1-15-13-25(14-16(2)30-15)23(27)18-5-3-17(4-6-18)12-24-22(26)19-7-8-20-21(11-19)29-10-9-28-20/h3-8,11,15-16H,9-10,12-14H2,1-2H3,(H,24,26). The van der Waals surface area contributed by atoms with E-state index in [1.54, 1.807) is 30.3 Å². The lowest BCUT2D eigenvalue weighted by Crippen LogP contribution is -2.48. The van der Waals surface area contributed by atoms with Crippen molar-refractivity contribution in [2.24, 2.45) is 0 Å². The molecule has 2 atom stereocenters. The van der Waals surface area contributed by atoms with Gasteiger partial charge in [-0.25, -0.2) is 0 Å². The van der Waals surface area contributed by atoms with Crippen molar-refractivity contribution in [3.05, 3.63) is 59.2 Å². The third-order valence-corrected chi connectivity index (χ3v) is 5.17. The number of nitrogens with zero attached hydrogens (tertiary/aromatic N) is 1. The fourth-order valence-electron chi connectivity index (χ4n) is 3.76. The van der Waals surface area contributed by atoms with Gasteiger partial charge in [0.05, 0.1) is 12.2 Å². The maximum Gasteiger partial charge on any atom is 0.254 e. The zero-order chi connectivity index (χ0) is 21.1. The maximum absolute atomic E-state index is 12.7. The van der Waals surface area contributed by atoms with Crippen molar-refractivity contribution in [3.63, 3.8) is 0 Å². The first-order valence-electron chi connectivity index (χ1n) is 10.2. The lowest BCUT2D eigenvalue weighted by atomic mass is 10.1. The number of hydrogen-bond donors (Lipinski definition) is 1. The Bertz CT molecular complexity index is 918. The fourth-order valence-corrected chi connectivity index (χ4v) is 3.76.